The number of hydrogen-bond donors (Lipinski definition) is 1. The van der Waals surface area contributed by atoms with Crippen molar-refractivity contribution < 1.29 is 19.1 Å². The average Bonchev–Trinajstić information content (AvgIpc) is 3.13. The first-order valence-electron chi connectivity index (χ1n) is 9.30. The minimum atomic E-state index is -0.598. The molecule has 1 aromatic heterocycles. The molecule has 148 valence electrons. The quantitative estimate of drug-likeness (QED) is 0.738. The molecule has 3 rings (SSSR count). The van der Waals surface area contributed by atoms with Crippen LogP contribution in [0.3, 0.4) is 0 Å². The molecule has 1 saturated heterocycles. The van der Waals surface area contributed by atoms with Gasteiger partial charge >= 0.3 is 0 Å². The van der Waals surface area contributed by atoms with Gasteiger partial charge in [-0.3, -0.25) is 14.6 Å². The van der Waals surface area contributed by atoms with Crippen molar-refractivity contribution in [1.82, 2.24) is 15.2 Å². The second kappa shape index (κ2) is 9.32. The van der Waals surface area contributed by atoms with E-state index in [1.54, 1.807) is 30.3 Å². The number of hydrogen-bond acceptors (Lipinski definition) is 5. The van der Waals surface area contributed by atoms with Crippen molar-refractivity contribution in [3.05, 3.63) is 59.9 Å². The van der Waals surface area contributed by atoms with Gasteiger partial charge in [-0.25, -0.2) is 0 Å². The number of carbonyl (C=O) groups is 2. The van der Waals surface area contributed by atoms with E-state index in [9.17, 15) is 9.59 Å². The maximum atomic E-state index is 13.0. The first-order chi connectivity index (χ1) is 13.6. The average molecular weight is 383 g/mol. The van der Waals surface area contributed by atoms with E-state index in [0.29, 0.717) is 31.7 Å². The van der Waals surface area contributed by atoms with Crippen LogP contribution in [0.4, 0.5) is 0 Å². The predicted molar refractivity (Wildman–Crippen MR) is 104 cm³/mol. The molecular weight excluding hydrogens is 358 g/mol. The van der Waals surface area contributed by atoms with Crippen molar-refractivity contribution in [2.45, 2.75) is 25.5 Å². The molecule has 1 fully saturated rings. The summed E-state index contributed by atoms with van der Waals surface area (Å²) in [7, 11) is 1.58. The highest BCUT2D eigenvalue weighted by Crippen LogP contribution is 2.25. The van der Waals surface area contributed by atoms with Gasteiger partial charge in [0.1, 0.15) is 17.9 Å². The highest BCUT2D eigenvalue weighted by molar-refractivity contribution is 5.97. The third-order valence-electron chi connectivity index (χ3n) is 4.64. The summed E-state index contributed by atoms with van der Waals surface area (Å²) < 4.78 is 11.0. The summed E-state index contributed by atoms with van der Waals surface area (Å²) >= 11 is 0. The van der Waals surface area contributed by atoms with E-state index in [4.69, 9.17) is 9.47 Å². The standard InChI is InChI=1S/C21H25N3O4/c1-15-8-9-16(13-23-15)21(26)24-14-18(28-17-6-4-3-5-7-17)12-19(24)20(25)22-10-11-27-2/h3-9,13,18-19H,10-12,14H2,1-2H3,(H,22,25)/t18-,19-/m0/s1. The lowest BCUT2D eigenvalue weighted by molar-refractivity contribution is -0.125. The van der Waals surface area contributed by atoms with Gasteiger partial charge in [0.15, 0.2) is 0 Å². The van der Waals surface area contributed by atoms with E-state index in [1.807, 2.05) is 37.3 Å². The summed E-state index contributed by atoms with van der Waals surface area (Å²) in [6, 6.07) is 12.3. The normalized spacial score (nSPS) is 18.7. The zero-order valence-corrected chi connectivity index (χ0v) is 16.1. The molecule has 0 spiro atoms. The Balaban J connectivity index is 1.75. The third kappa shape index (κ3) is 4.86. The second-order valence-corrected chi connectivity index (χ2v) is 6.73. The van der Waals surface area contributed by atoms with Crippen molar-refractivity contribution in [1.29, 1.82) is 0 Å². The predicted octanol–water partition coefficient (Wildman–Crippen LogP) is 1.81. The summed E-state index contributed by atoms with van der Waals surface area (Å²) in [6.07, 6.45) is 1.71. The van der Waals surface area contributed by atoms with Crippen molar-refractivity contribution in [2.75, 3.05) is 26.8 Å². The second-order valence-electron chi connectivity index (χ2n) is 6.73. The molecule has 1 N–H and O–H groups in total. The number of nitrogens with one attached hydrogen (secondary N) is 1. The number of pyridine rings is 1. The fourth-order valence-corrected chi connectivity index (χ4v) is 3.20. The van der Waals surface area contributed by atoms with E-state index < -0.39 is 6.04 Å². The lowest BCUT2D eigenvalue weighted by Crippen LogP contribution is -2.46. The third-order valence-corrected chi connectivity index (χ3v) is 4.64. The van der Waals surface area contributed by atoms with Gasteiger partial charge in [-0.2, -0.15) is 0 Å². The molecule has 7 nitrogen and oxygen atoms in total. The number of amides is 2. The van der Waals surface area contributed by atoms with Crippen LogP contribution in [0.2, 0.25) is 0 Å². The summed E-state index contributed by atoms with van der Waals surface area (Å²) in [5.74, 6) is 0.292. The number of para-hydroxylation sites is 1. The molecule has 1 aliphatic heterocycles. The van der Waals surface area contributed by atoms with Gasteiger partial charge in [-0.05, 0) is 31.2 Å². The minimum absolute atomic E-state index is 0.204. The number of aromatic nitrogens is 1. The number of aryl methyl sites for hydroxylation is 1. The fourth-order valence-electron chi connectivity index (χ4n) is 3.20. The Kier molecular flexibility index (Phi) is 6.60. The van der Waals surface area contributed by atoms with Crippen LogP contribution in [0.5, 0.6) is 5.75 Å². The van der Waals surface area contributed by atoms with Gasteiger partial charge in [-0.1, -0.05) is 18.2 Å². The van der Waals surface area contributed by atoms with E-state index >= 15 is 0 Å². The number of likely N-dealkylation sites (tertiary alicyclic amines) is 1. The van der Waals surface area contributed by atoms with Gasteiger partial charge in [0, 0.05) is 32.0 Å². The Morgan fingerprint density at radius 1 is 1.21 bits per heavy atom. The maximum absolute atomic E-state index is 13.0. The van der Waals surface area contributed by atoms with Crippen molar-refractivity contribution in [2.24, 2.45) is 0 Å². The Labute approximate surface area is 164 Å². The van der Waals surface area contributed by atoms with Crippen LogP contribution in [-0.2, 0) is 9.53 Å². The van der Waals surface area contributed by atoms with E-state index in [1.165, 1.54) is 0 Å². The largest absolute Gasteiger partial charge is 0.488 e. The van der Waals surface area contributed by atoms with Gasteiger partial charge in [-0.15, -0.1) is 0 Å². The molecule has 2 amide bonds. The number of benzene rings is 1. The Morgan fingerprint density at radius 3 is 2.68 bits per heavy atom. The summed E-state index contributed by atoms with van der Waals surface area (Å²) in [5, 5.41) is 2.83. The van der Waals surface area contributed by atoms with E-state index in [0.717, 1.165) is 11.4 Å². The van der Waals surface area contributed by atoms with Crippen LogP contribution in [0.1, 0.15) is 22.5 Å². The smallest absolute Gasteiger partial charge is 0.256 e. The van der Waals surface area contributed by atoms with Crippen LogP contribution >= 0.6 is 0 Å². The van der Waals surface area contributed by atoms with Gasteiger partial charge in [0.2, 0.25) is 5.91 Å². The topological polar surface area (TPSA) is 80.8 Å². The van der Waals surface area contributed by atoms with Crippen molar-refractivity contribution in [3.63, 3.8) is 0 Å². The molecule has 1 aliphatic rings. The molecule has 2 heterocycles. The highest BCUT2D eigenvalue weighted by Gasteiger charge is 2.41. The molecule has 0 bridgehead atoms. The monoisotopic (exact) mass is 383 g/mol. The summed E-state index contributed by atoms with van der Waals surface area (Å²) in [4.78, 5) is 31.5. The molecular formula is C21H25N3O4. The minimum Gasteiger partial charge on any atom is -0.488 e. The number of ether oxygens (including phenoxy) is 2. The molecule has 2 atom stereocenters. The first kappa shape index (κ1) is 19.8. The SMILES string of the molecule is COCCNC(=O)[C@@H]1C[C@H](Oc2ccccc2)CN1C(=O)c1ccc(C)nc1. The molecule has 7 heteroatoms. The van der Waals surface area contributed by atoms with E-state index in [-0.39, 0.29) is 17.9 Å². The van der Waals surface area contributed by atoms with Crippen LogP contribution in [0.25, 0.3) is 0 Å². The molecule has 2 aromatic rings. The number of rotatable bonds is 7. The lowest BCUT2D eigenvalue weighted by Gasteiger charge is -2.23. The summed E-state index contributed by atoms with van der Waals surface area (Å²) in [5.41, 5.74) is 1.29. The zero-order chi connectivity index (χ0) is 19.9. The lowest BCUT2D eigenvalue weighted by atomic mass is 10.1. The van der Waals surface area contributed by atoms with Gasteiger partial charge < -0.3 is 19.7 Å². The molecule has 28 heavy (non-hydrogen) atoms. The molecule has 0 saturated carbocycles. The molecule has 1 aromatic carbocycles. The van der Waals surface area contributed by atoms with Crippen LogP contribution < -0.4 is 10.1 Å². The van der Waals surface area contributed by atoms with Crippen LogP contribution in [-0.4, -0.2) is 60.7 Å². The van der Waals surface area contributed by atoms with Gasteiger partial charge in [0.25, 0.3) is 5.91 Å². The Morgan fingerprint density at radius 2 is 2.00 bits per heavy atom. The summed E-state index contributed by atoms with van der Waals surface area (Å²) in [6.45, 7) is 3.01. The van der Waals surface area contributed by atoms with Crippen LogP contribution in [0.15, 0.2) is 48.7 Å². The molecule has 0 aliphatic carbocycles. The molecule has 0 radical (unpaired) electrons. The highest BCUT2D eigenvalue weighted by atomic mass is 16.5. The molecule has 0 unspecified atom stereocenters. The number of methoxy groups -OCH3 is 1. The maximum Gasteiger partial charge on any atom is 0.256 e. The zero-order valence-electron chi connectivity index (χ0n) is 16.1. The number of nitrogens with zero attached hydrogens (tertiary/aromatic N) is 2. The van der Waals surface area contributed by atoms with Gasteiger partial charge in [0.05, 0.1) is 18.7 Å². The van der Waals surface area contributed by atoms with Crippen LogP contribution in [0, 0.1) is 6.92 Å². The Hall–Kier alpha value is -2.93. The first-order valence-corrected chi connectivity index (χ1v) is 9.30. The van der Waals surface area contributed by atoms with Crippen molar-refractivity contribution in [3.8, 4) is 5.75 Å². The Bertz CT molecular complexity index is 795. The number of carbonyl (C=O) groups excluding carboxylic acids is 2. The van der Waals surface area contributed by atoms with Crippen molar-refractivity contribution >= 4 is 11.8 Å². The van der Waals surface area contributed by atoms with E-state index in [2.05, 4.69) is 10.3 Å². The fraction of sp³-hybridized carbons (Fsp3) is 0.381.